The molecule has 1 unspecified atom stereocenters. The Morgan fingerprint density at radius 3 is 2.71 bits per heavy atom. The van der Waals surface area contributed by atoms with Gasteiger partial charge in [0, 0.05) is 12.1 Å². The van der Waals surface area contributed by atoms with Gasteiger partial charge in [-0.15, -0.1) is 0 Å². The molecule has 0 saturated carbocycles. The lowest BCUT2D eigenvalue weighted by atomic mass is 9.90. The van der Waals surface area contributed by atoms with Crippen molar-refractivity contribution in [2.75, 3.05) is 5.32 Å². The summed E-state index contributed by atoms with van der Waals surface area (Å²) in [6.45, 7) is 5.98. The molecule has 1 heterocycles. The van der Waals surface area contributed by atoms with Gasteiger partial charge in [0.25, 0.3) is 0 Å². The zero-order chi connectivity index (χ0) is 12.6. The zero-order valence-corrected chi connectivity index (χ0v) is 10.6. The van der Waals surface area contributed by atoms with Gasteiger partial charge < -0.3 is 10.4 Å². The third-order valence-corrected chi connectivity index (χ3v) is 3.65. The average Bonchev–Trinajstić information content (AvgIpc) is 2.33. The SMILES string of the molecule is CCC(O)c1cc2c(c(C)c1C)NC(=O)CC2. The average molecular weight is 233 g/mol. The number of aliphatic hydroxyl groups is 1. The smallest absolute Gasteiger partial charge is 0.224 e. The molecule has 0 aliphatic carbocycles. The fraction of sp³-hybridized carbons (Fsp3) is 0.500. The molecule has 0 fully saturated rings. The third kappa shape index (κ3) is 2.07. The van der Waals surface area contributed by atoms with Crippen LogP contribution < -0.4 is 5.32 Å². The molecule has 1 aliphatic heterocycles. The number of nitrogens with one attached hydrogen (secondary N) is 1. The highest BCUT2D eigenvalue weighted by Crippen LogP contribution is 2.34. The van der Waals surface area contributed by atoms with E-state index >= 15 is 0 Å². The van der Waals surface area contributed by atoms with Crippen LogP contribution in [-0.2, 0) is 11.2 Å². The van der Waals surface area contributed by atoms with Gasteiger partial charge in [-0.05, 0) is 48.9 Å². The summed E-state index contributed by atoms with van der Waals surface area (Å²) < 4.78 is 0. The van der Waals surface area contributed by atoms with E-state index in [4.69, 9.17) is 0 Å². The second-order valence-corrected chi connectivity index (χ2v) is 4.72. The highest BCUT2D eigenvalue weighted by atomic mass is 16.3. The maximum absolute atomic E-state index is 11.4. The van der Waals surface area contributed by atoms with Crippen molar-refractivity contribution in [2.24, 2.45) is 0 Å². The second-order valence-electron chi connectivity index (χ2n) is 4.72. The highest BCUT2D eigenvalue weighted by molar-refractivity contribution is 5.95. The number of fused-ring (bicyclic) bond motifs is 1. The molecule has 1 atom stereocenters. The standard InChI is InChI=1S/C14H19NO2/c1-4-12(16)11-7-10-5-6-13(17)15-14(10)9(3)8(11)2/h7,12,16H,4-6H2,1-3H3,(H,15,17). The molecule has 0 spiro atoms. The molecule has 1 aliphatic rings. The van der Waals surface area contributed by atoms with Gasteiger partial charge in [0.1, 0.15) is 0 Å². The number of rotatable bonds is 2. The van der Waals surface area contributed by atoms with E-state index in [0.29, 0.717) is 12.8 Å². The van der Waals surface area contributed by atoms with Crippen molar-refractivity contribution in [3.8, 4) is 0 Å². The van der Waals surface area contributed by atoms with Gasteiger partial charge in [-0.25, -0.2) is 0 Å². The Hall–Kier alpha value is -1.35. The number of amides is 1. The lowest BCUT2D eigenvalue weighted by molar-refractivity contribution is -0.116. The van der Waals surface area contributed by atoms with E-state index in [9.17, 15) is 9.90 Å². The summed E-state index contributed by atoms with van der Waals surface area (Å²) in [5.41, 5.74) is 5.26. The number of anilines is 1. The van der Waals surface area contributed by atoms with Gasteiger partial charge in [-0.2, -0.15) is 0 Å². The van der Waals surface area contributed by atoms with E-state index < -0.39 is 6.10 Å². The van der Waals surface area contributed by atoms with Gasteiger partial charge >= 0.3 is 0 Å². The van der Waals surface area contributed by atoms with Gasteiger partial charge in [0.05, 0.1) is 6.10 Å². The zero-order valence-electron chi connectivity index (χ0n) is 10.6. The molecule has 92 valence electrons. The van der Waals surface area contributed by atoms with Crippen molar-refractivity contribution in [3.05, 3.63) is 28.3 Å². The van der Waals surface area contributed by atoms with Gasteiger partial charge in [-0.1, -0.05) is 13.0 Å². The third-order valence-electron chi connectivity index (χ3n) is 3.65. The highest BCUT2D eigenvalue weighted by Gasteiger charge is 2.21. The van der Waals surface area contributed by atoms with Crippen molar-refractivity contribution in [1.29, 1.82) is 0 Å². The van der Waals surface area contributed by atoms with E-state index in [-0.39, 0.29) is 5.91 Å². The van der Waals surface area contributed by atoms with Crippen LogP contribution in [0.4, 0.5) is 5.69 Å². The maximum atomic E-state index is 11.4. The van der Waals surface area contributed by atoms with Crippen molar-refractivity contribution >= 4 is 11.6 Å². The van der Waals surface area contributed by atoms with E-state index in [1.165, 1.54) is 0 Å². The number of carbonyl (C=O) groups excluding carboxylic acids is 1. The Bertz CT molecular complexity index is 466. The Labute approximate surface area is 102 Å². The molecule has 0 bridgehead atoms. The summed E-state index contributed by atoms with van der Waals surface area (Å²) >= 11 is 0. The molecule has 1 amide bonds. The molecule has 0 saturated heterocycles. The van der Waals surface area contributed by atoms with Crippen molar-refractivity contribution in [3.63, 3.8) is 0 Å². The van der Waals surface area contributed by atoms with E-state index in [2.05, 4.69) is 5.32 Å². The van der Waals surface area contributed by atoms with E-state index in [1.807, 2.05) is 26.8 Å². The van der Waals surface area contributed by atoms with Crippen LogP contribution in [0.3, 0.4) is 0 Å². The summed E-state index contributed by atoms with van der Waals surface area (Å²) in [5, 5.41) is 12.9. The number of aryl methyl sites for hydroxylation is 1. The number of aliphatic hydroxyl groups excluding tert-OH is 1. The van der Waals surface area contributed by atoms with Gasteiger partial charge in [0.2, 0.25) is 5.91 Å². The van der Waals surface area contributed by atoms with Crippen molar-refractivity contribution < 1.29 is 9.90 Å². The molecule has 1 aromatic carbocycles. The first-order chi connectivity index (χ1) is 8.04. The van der Waals surface area contributed by atoms with Crippen molar-refractivity contribution in [2.45, 2.75) is 46.1 Å². The lowest BCUT2D eigenvalue weighted by Gasteiger charge is -2.24. The molecular formula is C14H19NO2. The lowest BCUT2D eigenvalue weighted by Crippen LogP contribution is -2.21. The molecule has 17 heavy (non-hydrogen) atoms. The van der Waals surface area contributed by atoms with Crippen LogP contribution >= 0.6 is 0 Å². The van der Waals surface area contributed by atoms with Gasteiger partial charge in [0.15, 0.2) is 0 Å². The van der Waals surface area contributed by atoms with Crippen LogP contribution in [0, 0.1) is 13.8 Å². The summed E-state index contributed by atoms with van der Waals surface area (Å²) in [6, 6.07) is 2.05. The van der Waals surface area contributed by atoms with Crippen LogP contribution in [0.5, 0.6) is 0 Å². The van der Waals surface area contributed by atoms with Crippen LogP contribution in [0.1, 0.15) is 48.1 Å². The van der Waals surface area contributed by atoms with Gasteiger partial charge in [-0.3, -0.25) is 4.79 Å². The number of hydrogen-bond acceptors (Lipinski definition) is 2. The molecule has 1 aromatic rings. The van der Waals surface area contributed by atoms with E-state index in [1.54, 1.807) is 0 Å². The molecule has 3 nitrogen and oxygen atoms in total. The predicted octanol–water partition coefficient (Wildman–Crippen LogP) is 2.63. The van der Waals surface area contributed by atoms with Crippen LogP contribution in [0.25, 0.3) is 0 Å². The summed E-state index contributed by atoms with van der Waals surface area (Å²) in [5.74, 6) is 0.0868. The minimum Gasteiger partial charge on any atom is -0.388 e. The first-order valence-corrected chi connectivity index (χ1v) is 6.15. The minimum absolute atomic E-state index is 0.0868. The molecule has 2 N–H and O–H groups in total. The Morgan fingerprint density at radius 1 is 1.35 bits per heavy atom. The first-order valence-electron chi connectivity index (χ1n) is 6.15. The van der Waals surface area contributed by atoms with Crippen LogP contribution in [-0.4, -0.2) is 11.0 Å². The van der Waals surface area contributed by atoms with Crippen LogP contribution in [0.2, 0.25) is 0 Å². The van der Waals surface area contributed by atoms with Crippen LogP contribution in [0.15, 0.2) is 6.07 Å². The summed E-state index contributed by atoms with van der Waals surface area (Å²) in [4.78, 5) is 11.4. The first kappa shape index (κ1) is 12.1. The van der Waals surface area contributed by atoms with Crippen molar-refractivity contribution in [1.82, 2.24) is 0 Å². The van der Waals surface area contributed by atoms with E-state index in [0.717, 1.165) is 34.4 Å². The molecule has 3 heteroatoms. The topological polar surface area (TPSA) is 49.3 Å². The number of hydrogen-bond donors (Lipinski definition) is 2. The minimum atomic E-state index is -0.406. The molecule has 2 rings (SSSR count). The molecule has 0 aromatic heterocycles. The predicted molar refractivity (Wildman–Crippen MR) is 68.1 cm³/mol. The Morgan fingerprint density at radius 2 is 2.06 bits per heavy atom. The summed E-state index contributed by atoms with van der Waals surface area (Å²) in [6.07, 6.45) is 1.62. The normalized spacial score (nSPS) is 16.4. The second kappa shape index (κ2) is 4.49. The summed E-state index contributed by atoms with van der Waals surface area (Å²) in [7, 11) is 0. The fourth-order valence-electron chi connectivity index (χ4n) is 2.40. The largest absolute Gasteiger partial charge is 0.388 e. The molecular weight excluding hydrogens is 214 g/mol. The fourth-order valence-corrected chi connectivity index (χ4v) is 2.40. The Balaban J connectivity index is 2.54. The number of benzene rings is 1. The molecule has 0 radical (unpaired) electrons. The number of carbonyl (C=O) groups is 1. The maximum Gasteiger partial charge on any atom is 0.224 e. The quantitative estimate of drug-likeness (QED) is 0.825. The monoisotopic (exact) mass is 233 g/mol. The Kier molecular flexibility index (Phi) is 3.20.